The number of piperidine rings is 1. The summed E-state index contributed by atoms with van der Waals surface area (Å²) in [5.41, 5.74) is 2.26. The number of carbonyl (C=O) groups excluding carboxylic acids is 1. The SMILES string of the molecule is O=C(c1ccccn1)N1CCC(c2ccc3cc(Cl)cnc3n2)CC1. The molecule has 5 nitrogen and oxygen atoms in total. The summed E-state index contributed by atoms with van der Waals surface area (Å²) in [5, 5.41) is 1.56. The van der Waals surface area contributed by atoms with E-state index in [9.17, 15) is 4.79 Å². The number of amides is 1. The lowest BCUT2D eigenvalue weighted by atomic mass is 9.92. The van der Waals surface area contributed by atoms with Gasteiger partial charge in [0, 0.05) is 42.5 Å². The summed E-state index contributed by atoms with van der Waals surface area (Å²) < 4.78 is 0. The van der Waals surface area contributed by atoms with Crippen LogP contribution in [-0.4, -0.2) is 38.8 Å². The Bertz CT molecular complexity index is 908. The second-order valence-electron chi connectivity index (χ2n) is 6.22. The Morgan fingerprint density at radius 3 is 2.72 bits per heavy atom. The molecule has 1 saturated heterocycles. The van der Waals surface area contributed by atoms with Gasteiger partial charge in [0.2, 0.25) is 0 Å². The summed E-state index contributed by atoms with van der Waals surface area (Å²) in [4.78, 5) is 27.5. The van der Waals surface area contributed by atoms with E-state index in [1.54, 1.807) is 18.5 Å². The molecule has 1 amide bonds. The average Bonchev–Trinajstić information content (AvgIpc) is 2.68. The van der Waals surface area contributed by atoms with Gasteiger partial charge in [-0.1, -0.05) is 17.7 Å². The normalized spacial score (nSPS) is 15.5. The van der Waals surface area contributed by atoms with Crippen molar-refractivity contribution in [2.24, 2.45) is 0 Å². The molecule has 6 heteroatoms. The molecule has 4 heterocycles. The number of halogens is 1. The maximum Gasteiger partial charge on any atom is 0.272 e. The third-order valence-electron chi connectivity index (χ3n) is 4.61. The highest BCUT2D eigenvalue weighted by Gasteiger charge is 2.26. The van der Waals surface area contributed by atoms with Gasteiger partial charge in [-0.25, -0.2) is 9.97 Å². The third kappa shape index (κ3) is 3.33. The van der Waals surface area contributed by atoms with Crippen LogP contribution in [0.1, 0.15) is 34.9 Å². The van der Waals surface area contributed by atoms with Crippen LogP contribution in [0.3, 0.4) is 0 Å². The van der Waals surface area contributed by atoms with E-state index in [2.05, 4.69) is 15.0 Å². The van der Waals surface area contributed by atoms with Crippen LogP contribution in [0.5, 0.6) is 0 Å². The fraction of sp³-hybridized carbons (Fsp3) is 0.263. The van der Waals surface area contributed by atoms with Crippen LogP contribution in [-0.2, 0) is 0 Å². The Kier molecular flexibility index (Phi) is 4.32. The monoisotopic (exact) mass is 352 g/mol. The minimum absolute atomic E-state index is 0.00169. The summed E-state index contributed by atoms with van der Waals surface area (Å²) in [6, 6.07) is 11.3. The fourth-order valence-corrected chi connectivity index (χ4v) is 3.42. The highest BCUT2D eigenvalue weighted by molar-refractivity contribution is 6.31. The van der Waals surface area contributed by atoms with E-state index in [4.69, 9.17) is 11.6 Å². The van der Waals surface area contributed by atoms with Crippen molar-refractivity contribution in [1.82, 2.24) is 19.9 Å². The highest BCUT2D eigenvalue weighted by atomic mass is 35.5. The first-order valence-electron chi connectivity index (χ1n) is 8.33. The Morgan fingerprint density at radius 1 is 1.12 bits per heavy atom. The number of aromatic nitrogens is 3. The van der Waals surface area contributed by atoms with Crippen molar-refractivity contribution in [2.75, 3.05) is 13.1 Å². The van der Waals surface area contributed by atoms with Crippen LogP contribution in [0.15, 0.2) is 48.8 Å². The topological polar surface area (TPSA) is 59.0 Å². The molecule has 1 aliphatic heterocycles. The highest BCUT2D eigenvalue weighted by Crippen LogP contribution is 2.28. The van der Waals surface area contributed by atoms with Crippen LogP contribution in [0.4, 0.5) is 0 Å². The van der Waals surface area contributed by atoms with Crippen molar-refractivity contribution in [3.05, 3.63) is 65.2 Å². The van der Waals surface area contributed by atoms with Crippen molar-refractivity contribution in [1.29, 1.82) is 0 Å². The molecule has 4 rings (SSSR count). The van der Waals surface area contributed by atoms with E-state index in [0.29, 0.717) is 35.4 Å². The molecule has 0 aromatic carbocycles. The van der Waals surface area contributed by atoms with Gasteiger partial charge in [-0.3, -0.25) is 9.78 Å². The van der Waals surface area contributed by atoms with Crippen molar-refractivity contribution in [2.45, 2.75) is 18.8 Å². The Morgan fingerprint density at radius 2 is 1.96 bits per heavy atom. The largest absolute Gasteiger partial charge is 0.337 e. The van der Waals surface area contributed by atoms with Gasteiger partial charge in [-0.05, 0) is 43.2 Å². The lowest BCUT2D eigenvalue weighted by Crippen LogP contribution is -2.38. The van der Waals surface area contributed by atoms with Gasteiger partial charge >= 0.3 is 0 Å². The number of likely N-dealkylation sites (tertiary alicyclic amines) is 1. The van der Waals surface area contributed by atoms with Crippen molar-refractivity contribution >= 4 is 28.5 Å². The lowest BCUT2D eigenvalue weighted by molar-refractivity contribution is 0.0706. The van der Waals surface area contributed by atoms with Crippen LogP contribution < -0.4 is 0 Å². The zero-order valence-electron chi connectivity index (χ0n) is 13.6. The second-order valence-corrected chi connectivity index (χ2v) is 6.65. The molecule has 0 N–H and O–H groups in total. The minimum atomic E-state index is 0.00169. The van der Waals surface area contributed by atoms with E-state index >= 15 is 0 Å². The van der Waals surface area contributed by atoms with Gasteiger partial charge in [0.1, 0.15) is 5.69 Å². The number of nitrogens with zero attached hydrogens (tertiary/aromatic N) is 4. The Labute approximate surface area is 150 Å². The Hall–Kier alpha value is -2.53. The number of hydrogen-bond acceptors (Lipinski definition) is 4. The molecule has 0 unspecified atom stereocenters. The lowest BCUT2D eigenvalue weighted by Gasteiger charge is -2.31. The molecule has 0 aliphatic carbocycles. The summed E-state index contributed by atoms with van der Waals surface area (Å²) in [6.45, 7) is 1.43. The molecule has 25 heavy (non-hydrogen) atoms. The summed E-state index contributed by atoms with van der Waals surface area (Å²) in [7, 11) is 0. The third-order valence-corrected chi connectivity index (χ3v) is 4.82. The standard InChI is InChI=1S/C19H17ClN4O/c20-15-11-14-4-5-16(23-18(14)22-12-15)13-6-9-24(10-7-13)19(25)17-3-1-2-8-21-17/h1-5,8,11-13H,6-7,9-10H2. The van der Waals surface area contributed by atoms with Gasteiger partial charge < -0.3 is 4.90 Å². The van der Waals surface area contributed by atoms with Gasteiger partial charge in [0.25, 0.3) is 5.91 Å². The maximum absolute atomic E-state index is 12.5. The molecule has 0 radical (unpaired) electrons. The second kappa shape index (κ2) is 6.76. The number of carbonyl (C=O) groups is 1. The molecule has 0 spiro atoms. The van der Waals surface area contributed by atoms with Crippen LogP contribution in [0, 0.1) is 0 Å². The maximum atomic E-state index is 12.5. The number of pyridine rings is 3. The van der Waals surface area contributed by atoms with Crippen LogP contribution in [0.2, 0.25) is 5.02 Å². The van der Waals surface area contributed by atoms with Crippen LogP contribution in [0.25, 0.3) is 11.0 Å². The fourth-order valence-electron chi connectivity index (χ4n) is 3.26. The van der Waals surface area contributed by atoms with E-state index in [-0.39, 0.29) is 5.91 Å². The molecule has 1 fully saturated rings. The average molecular weight is 353 g/mol. The summed E-state index contributed by atoms with van der Waals surface area (Å²) in [6.07, 6.45) is 5.06. The van der Waals surface area contributed by atoms with Crippen molar-refractivity contribution in [3.63, 3.8) is 0 Å². The van der Waals surface area contributed by atoms with Gasteiger partial charge in [-0.2, -0.15) is 0 Å². The van der Waals surface area contributed by atoms with Crippen molar-refractivity contribution < 1.29 is 4.79 Å². The van der Waals surface area contributed by atoms with Crippen molar-refractivity contribution in [3.8, 4) is 0 Å². The quantitative estimate of drug-likeness (QED) is 0.705. The number of hydrogen-bond donors (Lipinski definition) is 0. The first-order chi connectivity index (χ1) is 12.2. The molecular formula is C19H17ClN4O. The number of fused-ring (bicyclic) bond motifs is 1. The molecule has 1 aliphatic rings. The number of rotatable bonds is 2. The van der Waals surface area contributed by atoms with Gasteiger partial charge in [-0.15, -0.1) is 0 Å². The molecule has 3 aromatic rings. The molecule has 126 valence electrons. The zero-order chi connectivity index (χ0) is 17.2. The summed E-state index contributed by atoms with van der Waals surface area (Å²) >= 11 is 5.97. The Balaban J connectivity index is 1.46. The predicted octanol–water partition coefficient (Wildman–Crippen LogP) is 3.70. The van der Waals surface area contributed by atoms with Gasteiger partial charge in [0.15, 0.2) is 5.65 Å². The van der Waals surface area contributed by atoms with E-state index in [1.165, 1.54) is 0 Å². The minimum Gasteiger partial charge on any atom is -0.337 e. The zero-order valence-corrected chi connectivity index (χ0v) is 14.4. The first-order valence-corrected chi connectivity index (χ1v) is 8.71. The van der Waals surface area contributed by atoms with E-state index in [1.807, 2.05) is 35.2 Å². The molecule has 0 atom stereocenters. The summed E-state index contributed by atoms with van der Waals surface area (Å²) in [5.74, 6) is 0.344. The van der Waals surface area contributed by atoms with Gasteiger partial charge in [0.05, 0.1) is 5.02 Å². The predicted molar refractivity (Wildman–Crippen MR) is 96.7 cm³/mol. The first kappa shape index (κ1) is 16.0. The smallest absolute Gasteiger partial charge is 0.272 e. The molecule has 0 bridgehead atoms. The molecular weight excluding hydrogens is 336 g/mol. The van der Waals surface area contributed by atoms with Crippen LogP contribution >= 0.6 is 11.6 Å². The van der Waals surface area contributed by atoms with E-state index in [0.717, 1.165) is 23.9 Å². The molecule has 0 saturated carbocycles. The molecule has 3 aromatic heterocycles. The van der Waals surface area contributed by atoms with E-state index < -0.39 is 0 Å².